The van der Waals surface area contributed by atoms with Crippen LogP contribution >= 0.6 is 0 Å². The van der Waals surface area contributed by atoms with Gasteiger partial charge in [-0.25, -0.2) is 12.8 Å². The average molecular weight is 512 g/mol. The van der Waals surface area contributed by atoms with E-state index >= 15 is 4.39 Å². The van der Waals surface area contributed by atoms with E-state index in [1.807, 2.05) is 49.1 Å². The SMILES string of the molecule is CN(C[C@H]1Oc2ccccc2[C@@H]1N1CC(C)(C)c2cccc(F)c21)S(=O)(=O)c1ccccc1[N+](=O)[O-]. The molecular weight excluding hydrogens is 485 g/mol. The summed E-state index contributed by atoms with van der Waals surface area (Å²) in [4.78, 5) is 12.3. The lowest BCUT2D eigenvalue weighted by Gasteiger charge is -2.33. The number of halogens is 1. The predicted molar refractivity (Wildman–Crippen MR) is 133 cm³/mol. The van der Waals surface area contributed by atoms with Crippen molar-refractivity contribution in [3.8, 4) is 5.75 Å². The van der Waals surface area contributed by atoms with Gasteiger partial charge >= 0.3 is 0 Å². The molecule has 0 spiro atoms. The van der Waals surface area contributed by atoms with Crippen LogP contribution in [0.3, 0.4) is 0 Å². The molecule has 0 N–H and O–H groups in total. The zero-order chi connectivity index (χ0) is 25.8. The number of nitro groups is 1. The Morgan fingerprint density at radius 3 is 2.56 bits per heavy atom. The highest BCUT2D eigenvalue weighted by Gasteiger charge is 2.47. The van der Waals surface area contributed by atoms with Crippen molar-refractivity contribution < 1.29 is 22.5 Å². The van der Waals surface area contributed by atoms with Gasteiger partial charge < -0.3 is 9.64 Å². The fourth-order valence-electron chi connectivity index (χ4n) is 5.29. The summed E-state index contributed by atoms with van der Waals surface area (Å²) in [6.45, 7) is 4.53. The number of ether oxygens (including phenoxy) is 1. The lowest BCUT2D eigenvalue weighted by Crippen LogP contribution is -2.44. The summed E-state index contributed by atoms with van der Waals surface area (Å²) >= 11 is 0. The molecule has 188 valence electrons. The van der Waals surface area contributed by atoms with Gasteiger partial charge in [0, 0.05) is 30.6 Å². The first-order valence-electron chi connectivity index (χ1n) is 11.5. The highest BCUT2D eigenvalue weighted by Crippen LogP contribution is 2.50. The largest absolute Gasteiger partial charge is 0.486 e. The van der Waals surface area contributed by atoms with Crippen LogP contribution in [-0.2, 0) is 15.4 Å². The number of fused-ring (bicyclic) bond motifs is 2. The second-order valence-corrected chi connectivity index (χ2v) is 11.8. The van der Waals surface area contributed by atoms with Crippen molar-refractivity contribution in [1.82, 2.24) is 4.31 Å². The molecule has 0 unspecified atom stereocenters. The molecule has 0 saturated heterocycles. The van der Waals surface area contributed by atoms with Crippen LogP contribution in [-0.4, -0.2) is 43.9 Å². The molecule has 0 aliphatic carbocycles. The van der Waals surface area contributed by atoms with Gasteiger partial charge in [-0.1, -0.05) is 56.3 Å². The zero-order valence-electron chi connectivity index (χ0n) is 20.1. The number of rotatable bonds is 6. The quantitative estimate of drug-likeness (QED) is 0.353. The second-order valence-electron chi connectivity index (χ2n) is 9.80. The number of hydrogen-bond donors (Lipinski definition) is 0. The number of anilines is 1. The van der Waals surface area contributed by atoms with E-state index in [0.717, 1.165) is 21.5 Å². The van der Waals surface area contributed by atoms with E-state index in [4.69, 9.17) is 4.74 Å². The van der Waals surface area contributed by atoms with E-state index in [9.17, 15) is 18.5 Å². The topological polar surface area (TPSA) is 93.0 Å². The highest BCUT2D eigenvalue weighted by atomic mass is 32.2. The van der Waals surface area contributed by atoms with Gasteiger partial charge in [-0.3, -0.25) is 10.1 Å². The maximum atomic E-state index is 15.2. The summed E-state index contributed by atoms with van der Waals surface area (Å²) in [6, 6.07) is 17.3. The Kier molecular flexibility index (Phi) is 5.76. The van der Waals surface area contributed by atoms with Crippen LogP contribution in [0.5, 0.6) is 5.75 Å². The number of hydrogen-bond acceptors (Lipinski definition) is 6. The Morgan fingerprint density at radius 1 is 1.11 bits per heavy atom. The highest BCUT2D eigenvalue weighted by molar-refractivity contribution is 7.89. The fraction of sp³-hybridized carbons (Fsp3) is 0.308. The number of sulfonamides is 1. The van der Waals surface area contributed by atoms with Gasteiger partial charge in [-0.2, -0.15) is 4.31 Å². The molecule has 36 heavy (non-hydrogen) atoms. The van der Waals surface area contributed by atoms with E-state index in [1.54, 1.807) is 6.07 Å². The van der Waals surface area contributed by atoms with Crippen LogP contribution in [0.25, 0.3) is 0 Å². The van der Waals surface area contributed by atoms with Gasteiger partial charge in [0.25, 0.3) is 5.69 Å². The molecule has 0 saturated carbocycles. The van der Waals surface area contributed by atoms with Gasteiger partial charge in [-0.15, -0.1) is 0 Å². The number of benzene rings is 3. The van der Waals surface area contributed by atoms with Crippen molar-refractivity contribution in [3.63, 3.8) is 0 Å². The van der Waals surface area contributed by atoms with Gasteiger partial charge in [-0.05, 0) is 23.8 Å². The van der Waals surface area contributed by atoms with Crippen molar-refractivity contribution >= 4 is 21.4 Å². The molecule has 0 fully saturated rings. The Balaban J connectivity index is 1.54. The molecule has 2 heterocycles. The first-order chi connectivity index (χ1) is 17.0. The van der Waals surface area contributed by atoms with Crippen LogP contribution in [0.2, 0.25) is 0 Å². The summed E-state index contributed by atoms with van der Waals surface area (Å²) < 4.78 is 49.3. The molecule has 3 aromatic carbocycles. The smallest absolute Gasteiger partial charge is 0.289 e. The monoisotopic (exact) mass is 511 g/mol. The normalized spacial score (nSPS) is 20.2. The first-order valence-corrected chi connectivity index (χ1v) is 13.0. The summed E-state index contributed by atoms with van der Waals surface area (Å²) in [5.41, 5.74) is 1.38. The molecule has 0 aromatic heterocycles. The first kappa shape index (κ1) is 24.2. The fourth-order valence-corrected chi connectivity index (χ4v) is 6.63. The summed E-state index contributed by atoms with van der Waals surface area (Å²) in [5, 5.41) is 11.5. The Bertz CT molecular complexity index is 1460. The molecule has 2 aliphatic rings. The van der Waals surface area contributed by atoms with Crippen molar-refractivity contribution in [2.75, 3.05) is 25.0 Å². The lowest BCUT2D eigenvalue weighted by molar-refractivity contribution is -0.387. The average Bonchev–Trinajstić information content (AvgIpc) is 3.33. The standard InChI is InChI=1S/C26H26FN3O5S/c1-26(2)16-29(25-18(26)10-8-11-19(25)27)24-17-9-4-6-13-21(17)35-22(24)15-28(3)36(33,34)23-14-7-5-12-20(23)30(31)32/h4-14,22,24H,15-16H2,1-3H3/t22-,24+/m1/s1. The number of nitrogens with zero attached hydrogens (tertiary/aromatic N) is 3. The van der Waals surface area contributed by atoms with Gasteiger partial charge in [0.15, 0.2) is 4.90 Å². The molecule has 5 rings (SSSR count). The third-order valence-electron chi connectivity index (χ3n) is 6.96. The van der Waals surface area contributed by atoms with Crippen molar-refractivity contribution in [2.45, 2.75) is 36.3 Å². The minimum atomic E-state index is -4.21. The van der Waals surface area contributed by atoms with Gasteiger partial charge in [0.05, 0.1) is 23.2 Å². The van der Waals surface area contributed by atoms with Gasteiger partial charge in [0.2, 0.25) is 10.0 Å². The van der Waals surface area contributed by atoms with Crippen molar-refractivity contribution in [1.29, 1.82) is 0 Å². The molecule has 0 amide bonds. The Labute approximate surface area is 209 Å². The van der Waals surface area contributed by atoms with Crippen LogP contribution in [0, 0.1) is 15.9 Å². The van der Waals surface area contributed by atoms with Crippen molar-refractivity contribution in [2.24, 2.45) is 0 Å². The van der Waals surface area contributed by atoms with Crippen LogP contribution < -0.4 is 9.64 Å². The van der Waals surface area contributed by atoms with E-state index < -0.39 is 32.8 Å². The minimum absolute atomic E-state index is 0.0888. The maximum absolute atomic E-state index is 15.2. The van der Waals surface area contributed by atoms with Crippen molar-refractivity contribution in [3.05, 3.63) is 93.8 Å². The Morgan fingerprint density at radius 2 is 1.81 bits per heavy atom. The molecule has 0 bridgehead atoms. The third kappa shape index (κ3) is 3.81. The third-order valence-corrected chi connectivity index (χ3v) is 8.83. The molecule has 3 aromatic rings. The molecule has 2 atom stereocenters. The van der Waals surface area contributed by atoms with E-state index in [-0.39, 0.29) is 22.7 Å². The molecule has 2 aliphatic heterocycles. The molecular formula is C26H26FN3O5S. The lowest BCUT2D eigenvalue weighted by atomic mass is 9.87. The number of nitro benzene ring substituents is 1. The molecule has 8 nitrogen and oxygen atoms in total. The van der Waals surface area contributed by atoms with Crippen LogP contribution in [0.15, 0.2) is 71.6 Å². The number of para-hydroxylation sites is 3. The predicted octanol–water partition coefficient (Wildman–Crippen LogP) is 4.65. The summed E-state index contributed by atoms with van der Waals surface area (Å²) in [7, 11) is -2.84. The second kappa shape index (κ2) is 8.56. The maximum Gasteiger partial charge on any atom is 0.289 e. The number of likely N-dealkylation sites (N-methyl/N-ethyl adjacent to an activating group) is 1. The minimum Gasteiger partial charge on any atom is -0.486 e. The molecule has 0 radical (unpaired) electrons. The van der Waals surface area contributed by atoms with E-state index in [2.05, 4.69) is 0 Å². The Hall–Kier alpha value is -3.50. The summed E-state index contributed by atoms with van der Waals surface area (Å²) in [5.74, 6) is 0.258. The molecule has 10 heteroatoms. The van der Waals surface area contributed by atoms with Crippen LogP contribution in [0.4, 0.5) is 15.8 Å². The van der Waals surface area contributed by atoms with E-state index in [0.29, 0.717) is 18.0 Å². The van der Waals surface area contributed by atoms with Gasteiger partial charge in [0.1, 0.15) is 17.7 Å². The summed E-state index contributed by atoms with van der Waals surface area (Å²) in [6.07, 6.45) is -0.675. The van der Waals surface area contributed by atoms with Crippen LogP contribution in [0.1, 0.15) is 31.0 Å². The van der Waals surface area contributed by atoms with E-state index in [1.165, 1.54) is 31.3 Å². The zero-order valence-corrected chi connectivity index (χ0v) is 20.9.